The number of methoxy groups -OCH3 is 1. The van der Waals surface area contributed by atoms with Crippen molar-refractivity contribution in [2.75, 3.05) is 13.7 Å². The van der Waals surface area contributed by atoms with Gasteiger partial charge >= 0.3 is 0 Å². The van der Waals surface area contributed by atoms with Crippen molar-refractivity contribution in [1.29, 1.82) is 0 Å². The molecule has 27 heavy (non-hydrogen) atoms. The van der Waals surface area contributed by atoms with Crippen molar-refractivity contribution in [2.24, 2.45) is 0 Å². The van der Waals surface area contributed by atoms with Gasteiger partial charge in [0.05, 0.1) is 18.0 Å². The van der Waals surface area contributed by atoms with Crippen molar-refractivity contribution in [1.82, 2.24) is 10.0 Å². The second-order valence-corrected chi connectivity index (χ2v) is 8.34. The molecule has 146 valence electrons. The van der Waals surface area contributed by atoms with E-state index >= 15 is 0 Å². The van der Waals surface area contributed by atoms with Crippen molar-refractivity contribution in [2.45, 2.75) is 31.2 Å². The fourth-order valence-electron chi connectivity index (χ4n) is 2.58. The van der Waals surface area contributed by atoms with Gasteiger partial charge in [0.15, 0.2) is 0 Å². The zero-order chi connectivity index (χ0) is 20.0. The lowest BCUT2D eigenvalue weighted by Crippen LogP contribution is -2.32. The van der Waals surface area contributed by atoms with Gasteiger partial charge < -0.3 is 10.1 Å². The number of rotatable bonds is 8. The van der Waals surface area contributed by atoms with E-state index in [0.29, 0.717) is 10.8 Å². The molecule has 2 rings (SSSR count). The van der Waals surface area contributed by atoms with Crippen LogP contribution in [-0.4, -0.2) is 28.0 Å². The third kappa shape index (κ3) is 5.95. The van der Waals surface area contributed by atoms with Crippen molar-refractivity contribution in [3.8, 4) is 5.75 Å². The largest absolute Gasteiger partial charge is 0.496 e. The number of nitrogens with one attached hydrogen (secondary N) is 2. The number of halogens is 1. The SMILES string of the molecule is COc1ccc(C)cc1[C@H](C)NC(=O)CCNS(=O)(=O)c1ccc(Cl)cc1. The zero-order valence-electron chi connectivity index (χ0n) is 15.5. The molecule has 6 nitrogen and oxygen atoms in total. The molecule has 2 N–H and O–H groups in total. The van der Waals surface area contributed by atoms with E-state index in [9.17, 15) is 13.2 Å². The van der Waals surface area contributed by atoms with Gasteiger partial charge in [0.25, 0.3) is 0 Å². The molecule has 0 aliphatic carbocycles. The minimum absolute atomic E-state index is 0.00549. The van der Waals surface area contributed by atoms with Crippen LogP contribution < -0.4 is 14.8 Å². The van der Waals surface area contributed by atoms with E-state index in [2.05, 4.69) is 10.0 Å². The second kappa shape index (κ2) is 9.21. The molecular formula is C19H23ClN2O4S. The fraction of sp³-hybridized carbons (Fsp3) is 0.316. The first-order valence-corrected chi connectivity index (χ1v) is 10.3. The normalized spacial score (nSPS) is 12.4. The summed E-state index contributed by atoms with van der Waals surface area (Å²) in [6.07, 6.45) is 0.0191. The van der Waals surface area contributed by atoms with E-state index in [0.717, 1.165) is 11.1 Å². The lowest BCUT2D eigenvalue weighted by atomic mass is 10.0. The van der Waals surface area contributed by atoms with Crippen LogP contribution in [-0.2, 0) is 14.8 Å². The highest BCUT2D eigenvalue weighted by molar-refractivity contribution is 7.89. The van der Waals surface area contributed by atoms with Gasteiger partial charge in [-0.15, -0.1) is 0 Å². The number of amides is 1. The van der Waals surface area contributed by atoms with E-state index in [1.807, 2.05) is 32.0 Å². The third-order valence-electron chi connectivity index (χ3n) is 4.00. The molecule has 0 aliphatic heterocycles. The Bertz CT molecular complexity index is 898. The molecule has 0 heterocycles. The van der Waals surface area contributed by atoms with Crippen LogP contribution in [0.25, 0.3) is 0 Å². The summed E-state index contributed by atoms with van der Waals surface area (Å²) in [5.74, 6) is 0.432. The summed E-state index contributed by atoms with van der Waals surface area (Å²) in [6.45, 7) is 3.81. The van der Waals surface area contributed by atoms with E-state index in [1.54, 1.807) is 7.11 Å². The second-order valence-electron chi connectivity index (χ2n) is 6.14. The number of hydrogen-bond donors (Lipinski definition) is 2. The first-order valence-electron chi connectivity index (χ1n) is 8.42. The van der Waals surface area contributed by atoms with Crippen LogP contribution in [0.4, 0.5) is 0 Å². The standard InChI is InChI=1S/C19H23ClN2O4S/c1-13-4-9-18(26-3)17(12-13)14(2)22-19(23)10-11-21-27(24,25)16-7-5-15(20)6-8-16/h4-9,12,14,21H,10-11H2,1-3H3,(H,22,23)/t14-/m0/s1. The van der Waals surface area contributed by atoms with E-state index in [1.165, 1.54) is 24.3 Å². The maximum absolute atomic E-state index is 12.2. The number of aryl methyl sites for hydroxylation is 1. The highest BCUT2D eigenvalue weighted by Crippen LogP contribution is 2.26. The lowest BCUT2D eigenvalue weighted by Gasteiger charge is -2.18. The summed E-state index contributed by atoms with van der Waals surface area (Å²) in [5.41, 5.74) is 1.93. The van der Waals surface area contributed by atoms with Crippen LogP contribution in [0.15, 0.2) is 47.4 Å². The topological polar surface area (TPSA) is 84.5 Å². The number of carbonyl (C=O) groups is 1. The zero-order valence-corrected chi connectivity index (χ0v) is 17.0. The Morgan fingerprint density at radius 3 is 2.48 bits per heavy atom. The van der Waals surface area contributed by atoms with E-state index in [4.69, 9.17) is 16.3 Å². The molecule has 2 aromatic rings. The van der Waals surface area contributed by atoms with Gasteiger partial charge in [-0.2, -0.15) is 0 Å². The molecule has 0 unspecified atom stereocenters. The number of sulfonamides is 1. The van der Waals surface area contributed by atoms with E-state index in [-0.39, 0.29) is 29.8 Å². The summed E-state index contributed by atoms with van der Waals surface area (Å²) in [6, 6.07) is 11.3. The van der Waals surface area contributed by atoms with E-state index < -0.39 is 10.0 Å². The summed E-state index contributed by atoms with van der Waals surface area (Å²) in [4.78, 5) is 12.3. The van der Waals surface area contributed by atoms with Gasteiger partial charge in [-0.05, 0) is 44.2 Å². The molecule has 0 aliphatic rings. The number of carbonyl (C=O) groups excluding carboxylic acids is 1. The van der Waals surface area contributed by atoms with Gasteiger partial charge in [0.1, 0.15) is 5.75 Å². The maximum atomic E-state index is 12.2. The van der Waals surface area contributed by atoms with Crippen molar-refractivity contribution in [3.05, 3.63) is 58.6 Å². The smallest absolute Gasteiger partial charge is 0.240 e. The molecule has 0 bridgehead atoms. The van der Waals surface area contributed by atoms with Gasteiger partial charge in [-0.25, -0.2) is 13.1 Å². The van der Waals surface area contributed by atoms with Gasteiger partial charge in [0.2, 0.25) is 15.9 Å². The first kappa shape index (κ1) is 21.2. The van der Waals surface area contributed by atoms with Crippen LogP contribution in [0, 0.1) is 6.92 Å². The molecule has 0 saturated heterocycles. The molecule has 0 fully saturated rings. The van der Waals surface area contributed by atoms with Gasteiger partial charge in [0, 0.05) is 23.6 Å². The molecule has 0 spiro atoms. The maximum Gasteiger partial charge on any atom is 0.240 e. The van der Waals surface area contributed by atoms with Crippen LogP contribution in [0.3, 0.4) is 0 Å². The summed E-state index contributed by atoms with van der Waals surface area (Å²) < 4.78 is 32.1. The van der Waals surface area contributed by atoms with Crippen molar-refractivity contribution < 1.29 is 17.9 Å². The highest BCUT2D eigenvalue weighted by atomic mass is 35.5. The van der Waals surface area contributed by atoms with Crippen LogP contribution in [0.1, 0.15) is 30.5 Å². The molecule has 1 amide bonds. The monoisotopic (exact) mass is 410 g/mol. The Labute approximate surface area is 164 Å². The Hall–Kier alpha value is -2.09. The average Bonchev–Trinajstić information content (AvgIpc) is 2.61. The summed E-state index contributed by atoms with van der Waals surface area (Å²) in [7, 11) is -2.10. The predicted molar refractivity (Wildman–Crippen MR) is 106 cm³/mol. The molecule has 8 heteroatoms. The minimum atomic E-state index is -3.68. The molecule has 1 atom stereocenters. The Kier molecular flexibility index (Phi) is 7.24. The molecule has 0 saturated carbocycles. The Morgan fingerprint density at radius 1 is 1.19 bits per heavy atom. The van der Waals surface area contributed by atoms with Crippen LogP contribution >= 0.6 is 11.6 Å². The fourth-order valence-corrected chi connectivity index (χ4v) is 3.74. The molecular weight excluding hydrogens is 388 g/mol. The lowest BCUT2D eigenvalue weighted by molar-refractivity contribution is -0.121. The molecule has 0 aromatic heterocycles. The molecule has 0 radical (unpaired) electrons. The first-order chi connectivity index (χ1) is 12.7. The Balaban J connectivity index is 1.91. The number of ether oxygens (including phenoxy) is 1. The summed E-state index contributed by atoms with van der Waals surface area (Å²) in [5, 5.41) is 3.31. The predicted octanol–water partition coefficient (Wildman–Crippen LogP) is 3.20. The third-order valence-corrected chi connectivity index (χ3v) is 5.73. The Morgan fingerprint density at radius 2 is 1.85 bits per heavy atom. The number of hydrogen-bond acceptors (Lipinski definition) is 4. The minimum Gasteiger partial charge on any atom is -0.496 e. The van der Waals surface area contributed by atoms with Gasteiger partial charge in [-0.1, -0.05) is 29.3 Å². The number of benzene rings is 2. The van der Waals surface area contributed by atoms with Gasteiger partial charge in [-0.3, -0.25) is 4.79 Å². The van der Waals surface area contributed by atoms with Crippen molar-refractivity contribution in [3.63, 3.8) is 0 Å². The highest BCUT2D eigenvalue weighted by Gasteiger charge is 2.16. The van der Waals surface area contributed by atoms with Crippen LogP contribution in [0.5, 0.6) is 5.75 Å². The van der Waals surface area contributed by atoms with Crippen molar-refractivity contribution >= 4 is 27.5 Å². The molecule has 2 aromatic carbocycles. The van der Waals surface area contributed by atoms with Crippen LogP contribution in [0.2, 0.25) is 5.02 Å². The quantitative estimate of drug-likeness (QED) is 0.699. The summed E-state index contributed by atoms with van der Waals surface area (Å²) >= 11 is 5.76. The average molecular weight is 411 g/mol.